The molecule has 0 radical (unpaired) electrons. The predicted molar refractivity (Wildman–Crippen MR) is 38.3 cm³/mol. The largest absolute Gasteiger partial charge is 0.396 e. The molecule has 0 aromatic heterocycles. The minimum absolute atomic E-state index is 0.0653. The Labute approximate surface area is 56.7 Å². The van der Waals surface area contributed by atoms with Gasteiger partial charge in [0.1, 0.15) is 0 Å². The van der Waals surface area contributed by atoms with Gasteiger partial charge in [0.15, 0.2) is 0 Å². The van der Waals surface area contributed by atoms with Gasteiger partial charge >= 0.3 is 0 Å². The first-order valence-corrected chi connectivity index (χ1v) is 6.17. The third kappa shape index (κ3) is 6.88. The van der Waals surface area contributed by atoms with E-state index in [4.69, 9.17) is 14.9 Å². The molecule has 0 bridgehead atoms. The van der Waals surface area contributed by atoms with E-state index in [0.717, 1.165) is 11.4 Å². The monoisotopic (exact) mass is 174 g/mol. The summed E-state index contributed by atoms with van der Waals surface area (Å²) in [5, 5.41) is 8.16. The Morgan fingerprint density at radius 3 is 2.12 bits per heavy atom. The molecule has 0 amide bonds. The second-order valence-corrected chi connectivity index (χ2v) is 7.22. The fourth-order valence-corrected chi connectivity index (χ4v) is 2.11. The summed E-state index contributed by atoms with van der Waals surface area (Å²) in [6.45, 7) is -0.0653. The van der Waals surface area contributed by atoms with E-state index in [1.807, 2.05) is 0 Å². The first-order chi connectivity index (χ1) is 3.56. The maximum absolute atomic E-state index is 8.48. The van der Waals surface area contributed by atoms with Crippen LogP contribution in [-0.4, -0.2) is 27.3 Å². The fraction of sp³-hybridized carbons (Fsp3) is 1.00. The van der Waals surface area contributed by atoms with Crippen molar-refractivity contribution < 1.29 is 14.9 Å². The highest BCUT2D eigenvalue weighted by atomic mass is 32.9. The van der Waals surface area contributed by atoms with Gasteiger partial charge < -0.3 is 14.9 Å². The SMILES string of the molecule is OCCSP(O)(O)=S. The Morgan fingerprint density at radius 1 is 1.50 bits per heavy atom. The van der Waals surface area contributed by atoms with Gasteiger partial charge in [-0.05, 0) is 11.8 Å². The zero-order chi connectivity index (χ0) is 6.62. The summed E-state index contributed by atoms with van der Waals surface area (Å²) in [5.41, 5.74) is -3.09. The van der Waals surface area contributed by atoms with E-state index in [1.165, 1.54) is 0 Å². The average Bonchev–Trinajstić information content (AvgIpc) is 1.59. The second-order valence-electron chi connectivity index (χ2n) is 1.05. The molecule has 0 fully saturated rings. The van der Waals surface area contributed by atoms with E-state index in [2.05, 4.69) is 11.8 Å². The third-order valence-corrected chi connectivity index (χ3v) is 3.56. The molecule has 0 saturated heterocycles. The summed E-state index contributed by atoms with van der Waals surface area (Å²) in [6, 6.07) is 0. The van der Waals surface area contributed by atoms with Crippen molar-refractivity contribution in [1.82, 2.24) is 0 Å². The van der Waals surface area contributed by atoms with Crippen molar-refractivity contribution in [2.45, 2.75) is 0 Å². The van der Waals surface area contributed by atoms with Crippen molar-refractivity contribution in [3.63, 3.8) is 0 Å². The molecule has 0 saturated carbocycles. The molecule has 0 rings (SSSR count). The van der Waals surface area contributed by atoms with E-state index >= 15 is 0 Å². The molecule has 3 N–H and O–H groups in total. The van der Waals surface area contributed by atoms with Crippen LogP contribution in [0.15, 0.2) is 0 Å². The number of aliphatic hydroxyl groups excluding tert-OH is 1. The van der Waals surface area contributed by atoms with Crippen molar-refractivity contribution in [2.75, 3.05) is 12.4 Å². The maximum atomic E-state index is 8.48. The standard InChI is InChI=1S/C2H7O3PS2/c3-1-2-8-6(4,5)7/h3H,1-2H2,(H2,4,5,7). The number of hydrogen-bond donors (Lipinski definition) is 3. The van der Waals surface area contributed by atoms with E-state index in [9.17, 15) is 0 Å². The molecule has 0 aromatic rings. The number of aliphatic hydroxyl groups is 1. The van der Waals surface area contributed by atoms with Crippen LogP contribution in [0, 0.1) is 0 Å². The normalized spacial score (nSPS) is 11.9. The van der Waals surface area contributed by atoms with Gasteiger partial charge in [0.2, 0.25) is 5.69 Å². The summed E-state index contributed by atoms with van der Waals surface area (Å²) in [4.78, 5) is 17.0. The van der Waals surface area contributed by atoms with Crippen LogP contribution >= 0.6 is 17.1 Å². The minimum Gasteiger partial charge on any atom is -0.396 e. The third-order valence-electron chi connectivity index (χ3n) is 0.351. The van der Waals surface area contributed by atoms with Gasteiger partial charge in [0.05, 0.1) is 6.61 Å². The lowest BCUT2D eigenvalue weighted by molar-refractivity contribution is 0.322. The minimum atomic E-state index is -3.09. The predicted octanol–water partition coefficient (Wildman–Crippen LogP) is -0.0790. The highest BCUT2D eigenvalue weighted by molar-refractivity contribution is 8.67. The highest BCUT2D eigenvalue weighted by Crippen LogP contribution is 2.50. The van der Waals surface area contributed by atoms with Crippen molar-refractivity contribution in [2.24, 2.45) is 0 Å². The van der Waals surface area contributed by atoms with Crippen LogP contribution in [0.4, 0.5) is 0 Å². The first-order valence-electron chi connectivity index (χ1n) is 1.87. The molecule has 0 aliphatic carbocycles. The molecule has 3 nitrogen and oxygen atoms in total. The van der Waals surface area contributed by atoms with Gasteiger partial charge in [-0.3, -0.25) is 0 Å². The molecule has 0 aliphatic rings. The van der Waals surface area contributed by atoms with Gasteiger partial charge in [-0.2, -0.15) is 0 Å². The zero-order valence-corrected chi connectivity index (χ0v) is 6.55. The van der Waals surface area contributed by atoms with Crippen LogP contribution in [0.1, 0.15) is 0 Å². The van der Waals surface area contributed by atoms with E-state index in [1.54, 1.807) is 0 Å². The van der Waals surface area contributed by atoms with Crippen LogP contribution in [-0.2, 0) is 11.8 Å². The molecular formula is C2H7O3PS2. The van der Waals surface area contributed by atoms with Crippen molar-refractivity contribution in [3.05, 3.63) is 0 Å². The molecule has 6 heteroatoms. The van der Waals surface area contributed by atoms with Crippen molar-refractivity contribution >= 4 is 28.9 Å². The first kappa shape index (κ1) is 8.88. The quantitative estimate of drug-likeness (QED) is 0.522. The van der Waals surface area contributed by atoms with Gasteiger partial charge in [-0.25, -0.2) is 0 Å². The molecule has 0 aliphatic heterocycles. The number of rotatable bonds is 3. The van der Waals surface area contributed by atoms with Gasteiger partial charge in [-0.15, -0.1) is 0 Å². The summed E-state index contributed by atoms with van der Waals surface area (Å²) in [6.07, 6.45) is 0. The highest BCUT2D eigenvalue weighted by Gasteiger charge is 2.05. The lowest BCUT2D eigenvalue weighted by Gasteiger charge is -2.02. The zero-order valence-electron chi connectivity index (χ0n) is 4.02. The lowest BCUT2D eigenvalue weighted by atomic mass is 10.9. The van der Waals surface area contributed by atoms with Crippen molar-refractivity contribution in [3.8, 4) is 0 Å². The Bertz CT molecular complexity index is 99.5. The maximum Gasteiger partial charge on any atom is 0.242 e. The fourth-order valence-electron chi connectivity index (χ4n) is 0.160. The topological polar surface area (TPSA) is 60.7 Å². The van der Waals surface area contributed by atoms with E-state index in [0.29, 0.717) is 5.75 Å². The molecule has 0 unspecified atom stereocenters. The molecule has 0 heterocycles. The smallest absolute Gasteiger partial charge is 0.242 e. The molecule has 0 atom stereocenters. The summed E-state index contributed by atoms with van der Waals surface area (Å²) in [7, 11) is 0. The van der Waals surface area contributed by atoms with Crippen LogP contribution in [0.2, 0.25) is 0 Å². The second kappa shape index (κ2) is 3.82. The van der Waals surface area contributed by atoms with Crippen LogP contribution in [0.3, 0.4) is 0 Å². The summed E-state index contributed by atoms with van der Waals surface area (Å²) < 4.78 is 0. The molecule has 8 heavy (non-hydrogen) atoms. The average molecular weight is 174 g/mol. The summed E-state index contributed by atoms with van der Waals surface area (Å²) in [5.74, 6) is 0.296. The Balaban J connectivity index is 3.26. The van der Waals surface area contributed by atoms with Gasteiger partial charge in [0.25, 0.3) is 0 Å². The Kier molecular flexibility index (Phi) is 4.24. The lowest BCUT2D eigenvalue weighted by Crippen LogP contribution is -1.84. The molecular weight excluding hydrogens is 167 g/mol. The molecule has 0 aromatic carbocycles. The van der Waals surface area contributed by atoms with Crippen LogP contribution < -0.4 is 0 Å². The van der Waals surface area contributed by atoms with Crippen LogP contribution in [0.5, 0.6) is 0 Å². The van der Waals surface area contributed by atoms with E-state index in [-0.39, 0.29) is 6.61 Å². The van der Waals surface area contributed by atoms with Crippen molar-refractivity contribution in [1.29, 1.82) is 0 Å². The van der Waals surface area contributed by atoms with Gasteiger partial charge in [-0.1, -0.05) is 11.4 Å². The Hall–Kier alpha value is 0.880. The van der Waals surface area contributed by atoms with Gasteiger partial charge in [0, 0.05) is 5.75 Å². The molecule has 0 spiro atoms. The Morgan fingerprint density at radius 2 is 2.00 bits per heavy atom. The number of hydrogen-bond acceptors (Lipinski definition) is 3. The molecule has 50 valence electrons. The van der Waals surface area contributed by atoms with Crippen LogP contribution in [0.25, 0.3) is 0 Å². The van der Waals surface area contributed by atoms with E-state index < -0.39 is 5.69 Å². The summed E-state index contributed by atoms with van der Waals surface area (Å²) >= 11 is 5.04.